The number of aryl methyl sites for hydroxylation is 1. The zero-order chi connectivity index (χ0) is 18.4. The molecule has 1 fully saturated rings. The summed E-state index contributed by atoms with van der Waals surface area (Å²) in [5.74, 6) is 0.983. The van der Waals surface area contributed by atoms with Crippen LogP contribution in [-0.2, 0) is 15.9 Å². The van der Waals surface area contributed by atoms with Crippen molar-refractivity contribution in [1.82, 2.24) is 20.4 Å². The molecule has 9 nitrogen and oxygen atoms in total. The van der Waals surface area contributed by atoms with E-state index in [0.717, 1.165) is 12.8 Å². The molecule has 0 spiro atoms. The van der Waals surface area contributed by atoms with Crippen LogP contribution in [0.2, 0.25) is 0 Å². The minimum absolute atomic E-state index is 0.222. The summed E-state index contributed by atoms with van der Waals surface area (Å²) in [7, 11) is 1.32. The number of amides is 2. The third-order valence-electron chi connectivity index (χ3n) is 3.68. The fraction of sp³-hybridized carbons (Fsp3) is 0.750. The molecule has 1 aromatic heterocycles. The average molecular weight is 354 g/mol. The first-order valence-electron chi connectivity index (χ1n) is 8.44. The summed E-state index contributed by atoms with van der Waals surface area (Å²) in [5.41, 5.74) is -0.542. The van der Waals surface area contributed by atoms with Crippen molar-refractivity contribution in [1.29, 1.82) is 0 Å². The predicted octanol–water partition coefficient (Wildman–Crippen LogP) is 2.43. The molecule has 2 amide bonds. The molecule has 1 atom stereocenters. The Morgan fingerprint density at radius 3 is 2.84 bits per heavy atom. The van der Waals surface area contributed by atoms with Crippen LogP contribution in [0.4, 0.5) is 9.59 Å². The lowest BCUT2D eigenvalue weighted by Crippen LogP contribution is -2.36. The lowest BCUT2D eigenvalue weighted by Gasteiger charge is -2.27. The SMILES string of the molecule is COC(=O)NCCCc1nc([C@H]2CCCN2C(=O)OC(C)(C)C)no1. The molecule has 2 heterocycles. The first-order chi connectivity index (χ1) is 11.8. The van der Waals surface area contributed by atoms with E-state index in [1.807, 2.05) is 20.8 Å². The lowest BCUT2D eigenvalue weighted by molar-refractivity contribution is 0.0217. The summed E-state index contributed by atoms with van der Waals surface area (Å²) in [6, 6.07) is -0.222. The van der Waals surface area contributed by atoms with E-state index in [9.17, 15) is 9.59 Å². The van der Waals surface area contributed by atoms with Gasteiger partial charge in [-0.2, -0.15) is 4.98 Å². The first-order valence-corrected chi connectivity index (χ1v) is 8.44. The minimum Gasteiger partial charge on any atom is -0.453 e. The molecule has 1 aromatic rings. The van der Waals surface area contributed by atoms with E-state index in [4.69, 9.17) is 9.26 Å². The number of nitrogens with one attached hydrogen (secondary N) is 1. The van der Waals surface area contributed by atoms with Crippen LogP contribution >= 0.6 is 0 Å². The van der Waals surface area contributed by atoms with Gasteiger partial charge in [0.15, 0.2) is 5.82 Å². The molecule has 0 unspecified atom stereocenters. The first kappa shape index (κ1) is 19.0. The number of rotatable bonds is 5. The van der Waals surface area contributed by atoms with E-state index in [1.54, 1.807) is 4.90 Å². The Labute approximate surface area is 147 Å². The summed E-state index contributed by atoms with van der Waals surface area (Å²) in [6.45, 7) is 6.59. The van der Waals surface area contributed by atoms with E-state index in [0.29, 0.717) is 37.6 Å². The van der Waals surface area contributed by atoms with E-state index in [-0.39, 0.29) is 12.1 Å². The predicted molar refractivity (Wildman–Crippen MR) is 87.9 cm³/mol. The maximum Gasteiger partial charge on any atom is 0.410 e. The average Bonchev–Trinajstić information content (AvgIpc) is 3.18. The Kier molecular flexibility index (Phi) is 6.22. The quantitative estimate of drug-likeness (QED) is 0.809. The smallest absolute Gasteiger partial charge is 0.410 e. The van der Waals surface area contributed by atoms with Crippen molar-refractivity contribution in [2.45, 2.75) is 58.1 Å². The number of carbonyl (C=O) groups is 2. The number of hydrogen-bond acceptors (Lipinski definition) is 7. The van der Waals surface area contributed by atoms with Crippen LogP contribution < -0.4 is 5.32 Å². The summed E-state index contributed by atoms with van der Waals surface area (Å²) in [6.07, 6.45) is 2.01. The fourth-order valence-electron chi connectivity index (χ4n) is 2.58. The largest absolute Gasteiger partial charge is 0.453 e. The molecular formula is C16H26N4O5. The molecule has 9 heteroatoms. The summed E-state index contributed by atoms with van der Waals surface area (Å²) < 4.78 is 15.2. The van der Waals surface area contributed by atoms with Crippen LogP contribution in [0.15, 0.2) is 4.52 Å². The van der Waals surface area contributed by atoms with Gasteiger partial charge in [-0.05, 0) is 40.0 Å². The van der Waals surface area contributed by atoms with Crippen LogP contribution in [0.5, 0.6) is 0 Å². The van der Waals surface area contributed by atoms with Gasteiger partial charge in [-0.15, -0.1) is 0 Å². The van der Waals surface area contributed by atoms with E-state index in [1.165, 1.54) is 7.11 Å². The highest BCUT2D eigenvalue weighted by Gasteiger charge is 2.35. The Morgan fingerprint density at radius 2 is 2.16 bits per heavy atom. The van der Waals surface area contributed by atoms with Crippen LogP contribution in [0.3, 0.4) is 0 Å². The fourth-order valence-corrected chi connectivity index (χ4v) is 2.58. The highest BCUT2D eigenvalue weighted by atomic mass is 16.6. The van der Waals surface area contributed by atoms with Crippen molar-refractivity contribution >= 4 is 12.2 Å². The van der Waals surface area contributed by atoms with Gasteiger partial charge >= 0.3 is 12.2 Å². The van der Waals surface area contributed by atoms with Gasteiger partial charge < -0.3 is 19.3 Å². The van der Waals surface area contributed by atoms with Gasteiger partial charge in [0, 0.05) is 19.5 Å². The maximum absolute atomic E-state index is 12.3. The van der Waals surface area contributed by atoms with Crippen molar-refractivity contribution in [3.8, 4) is 0 Å². The second kappa shape index (κ2) is 8.17. The Balaban J connectivity index is 1.89. The number of nitrogens with zero attached hydrogens (tertiary/aromatic N) is 3. The molecular weight excluding hydrogens is 328 g/mol. The third kappa shape index (κ3) is 5.61. The maximum atomic E-state index is 12.3. The van der Waals surface area contributed by atoms with E-state index >= 15 is 0 Å². The second-order valence-electron chi connectivity index (χ2n) is 6.90. The van der Waals surface area contributed by atoms with Gasteiger partial charge in [-0.3, -0.25) is 4.90 Å². The van der Waals surface area contributed by atoms with Crippen molar-refractivity contribution in [3.05, 3.63) is 11.7 Å². The topological polar surface area (TPSA) is 107 Å². The second-order valence-corrected chi connectivity index (χ2v) is 6.90. The zero-order valence-corrected chi connectivity index (χ0v) is 15.2. The monoisotopic (exact) mass is 354 g/mol. The van der Waals surface area contributed by atoms with Gasteiger partial charge in [0.2, 0.25) is 5.89 Å². The summed E-state index contributed by atoms with van der Waals surface area (Å²) >= 11 is 0. The number of aromatic nitrogens is 2. The molecule has 25 heavy (non-hydrogen) atoms. The molecule has 1 N–H and O–H groups in total. The highest BCUT2D eigenvalue weighted by molar-refractivity contribution is 5.69. The van der Waals surface area contributed by atoms with Crippen molar-refractivity contribution in [2.24, 2.45) is 0 Å². The molecule has 1 saturated heterocycles. The molecule has 0 saturated carbocycles. The van der Waals surface area contributed by atoms with Crippen molar-refractivity contribution < 1.29 is 23.6 Å². The summed E-state index contributed by atoms with van der Waals surface area (Å²) in [4.78, 5) is 29.3. The van der Waals surface area contributed by atoms with E-state index in [2.05, 4.69) is 20.2 Å². The lowest BCUT2D eigenvalue weighted by atomic mass is 10.2. The Bertz CT molecular complexity index is 596. The Morgan fingerprint density at radius 1 is 1.40 bits per heavy atom. The molecule has 0 bridgehead atoms. The Hall–Kier alpha value is -2.32. The number of alkyl carbamates (subject to hydrolysis) is 1. The van der Waals surface area contributed by atoms with Crippen LogP contribution in [0.1, 0.15) is 57.8 Å². The van der Waals surface area contributed by atoms with Gasteiger partial charge in [-0.1, -0.05) is 5.16 Å². The molecule has 0 radical (unpaired) electrons. The zero-order valence-electron chi connectivity index (χ0n) is 15.2. The molecule has 0 aliphatic carbocycles. The van der Waals surface area contributed by atoms with E-state index < -0.39 is 11.7 Å². The van der Waals surface area contributed by atoms with Gasteiger partial charge in [0.1, 0.15) is 5.60 Å². The third-order valence-corrected chi connectivity index (χ3v) is 3.68. The van der Waals surface area contributed by atoms with Crippen LogP contribution in [0.25, 0.3) is 0 Å². The number of carbonyl (C=O) groups excluding carboxylic acids is 2. The highest BCUT2D eigenvalue weighted by Crippen LogP contribution is 2.31. The normalized spacial score (nSPS) is 17.4. The molecule has 1 aliphatic rings. The molecule has 0 aromatic carbocycles. The minimum atomic E-state index is -0.542. The van der Waals surface area contributed by atoms with Crippen LogP contribution in [0, 0.1) is 0 Å². The number of methoxy groups -OCH3 is 1. The van der Waals surface area contributed by atoms with Crippen LogP contribution in [-0.4, -0.2) is 53.0 Å². The molecule has 2 rings (SSSR count). The molecule has 140 valence electrons. The van der Waals surface area contributed by atoms with Gasteiger partial charge in [0.25, 0.3) is 0 Å². The number of likely N-dealkylation sites (tertiary alicyclic amines) is 1. The molecule has 1 aliphatic heterocycles. The standard InChI is InChI=1S/C16H26N4O5/c1-16(2,3)24-15(22)20-10-6-7-11(20)13-18-12(25-19-13)8-5-9-17-14(21)23-4/h11H,5-10H2,1-4H3,(H,17,21)/t11-/m1/s1. The summed E-state index contributed by atoms with van der Waals surface area (Å²) in [5, 5.41) is 6.60. The van der Waals surface area contributed by atoms with Gasteiger partial charge in [0.05, 0.1) is 13.2 Å². The number of ether oxygens (including phenoxy) is 2. The number of hydrogen-bond donors (Lipinski definition) is 1. The van der Waals surface area contributed by atoms with Crippen molar-refractivity contribution in [3.63, 3.8) is 0 Å². The van der Waals surface area contributed by atoms with Crippen molar-refractivity contribution in [2.75, 3.05) is 20.2 Å². The van der Waals surface area contributed by atoms with Gasteiger partial charge in [-0.25, -0.2) is 9.59 Å².